The number of hydrogen-bond acceptors (Lipinski definition) is 8. The fraction of sp³-hybridized carbons (Fsp3) is 0.0385. The summed E-state index contributed by atoms with van der Waals surface area (Å²) in [4.78, 5) is 41.0. The van der Waals surface area contributed by atoms with E-state index >= 15 is 0 Å². The Labute approximate surface area is 198 Å². The summed E-state index contributed by atoms with van der Waals surface area (Å²) in [6, 6.07) is 25.3. The van der Waals surface area contributed by atoms with E-state index in [1.165, 1.54) is 6.07 Å². The van der Waals surface area contributed by atoms with E-state index in [0.717, 1.165) is 11.1 Å². The van der Waals surface area contributed by atoms with Crippen LogP contribution < -0.4 is 26.4 Å². The van der Waals surface area contributed by atoms with Crippen molar-refractivity contribution < 1.29 is 9.53 Å². The number of carbonyl (C=O) groups is 1. The number of ether oxygens (including phenoxy) is 1. The van der Waals surface area contributed by atoms with Crippen molar-refractivity contribution in [2.75, 3.05) is 6.61 Å². The molecule has 0 fully saturated rings. The lowest BCUT2D eigenvalue weighted by atomic mass is 10.0. The van der Waals surface area contributed by atoms with Gasteiger partial charge in [-0.2, -0.15) is 10.1 Å². The molecule has 5 rings (SSSR count). The summed E-state index contributed by atoms with van der Waals surface area (Å²) in [7, 11) is 0. The van der Waals surface area contributed by atoms with Crippen LogP contribution in [0, 0.1) is 0 Å². The monoisotopic (exact) mass is 463 g/mol. The molecular weight excluding hydrogens is 446 g/mol. The average molecular weight is 463 g/mol. The van der Waals surface area contributed by atoms with Crippen LogP contribution in [-0.4, -0.2) is 27.7 Å². The molecule has 0 bridgehead atoms. The summed E-state index contributed by atoms with van der Waals surface area (Å²) < 4.78 is 5.44. The predicted octanol–water partition coefficient (Wildman–Crippen LogP) is 1.97. The number of amides is 1. The second kappa shape index (κ2) is 9.44. The van der Waals surface area contributed by atoms with Gasteiger partial charge in [-0.15, -0.1) is 5.10 Å². The van der Waals surface area contributed by atoms with Crippen molar-refractivity contribution in [3.8, 4) is 28.5 Å². The van der Waals surface area contributed by atoms with Crippen molar-refractivity contribution >= 4 is 16.7 Å². The van der Waals surface area contributed by atoms with Crippen LogP contribution >= 0.6 is 0 Å². The second-order valence-electron chi connectivity index (χ2n) is 7.51. The van der Waals surface area contributed by atoms with Gasteiger partial charge in [-0.25, -0.2) is 5.43 Å². The molecule has 170 valence electrons. The van der Waals surface area contributed by atoms with Gasteiger partial charge in [0.25, 0.3) is 11.3 Å². The zero-order valence-electron chi connectivity index (χ0n) is 18.2. The van der Waals surface area contributed by atoms with Crippen LogP contribution in [-0.2, 0) is 4.79 Å². The van der Waals surface area contributed by atoms with E-state index in [1.807, 2.05) is 60.7 Å². The van der Waals surface area contributed by atoms with Gasteiger partial charge in [0.1, 0.15) is 16.7 Å². The van der Waals surface area contributed by atoms with Crippen LogP contribution in [0.5, 0.6) is 6.01 Å². The minimum absolute atomic E-state index is 0.0937. The lowest BCUT2D eigenvalue weighted by molar-refractivity contribution is -0.123. The SMILES string of the molecule is O=C(COc1nnc(-c2ccccc2)c(-c2ccccc2)n1)N/N=c1/c(=O)c(=O)c2ccccc12. The first-order valence-corrected chi connectivity index (χ1v) is 10.6. The van der Waals surface area contributed by atoms with Crippen LogP contribution in [0.3, 0.4) is 0 Å². The maximum atomic E-state index is 12.3. The first-order valence-electron chi connectivity index (χ1n) is 10.6. The predicted molar refractivity (Wildman–Crippen MR) is 129 cm³/mol. The molecule has 9 nitrogen and oxygen atoms in total. The zero-order valence-corrected chi connectivity index (χ0v) is 18.2. The Morgan fingerprint density at radius 1 is 0.743 bits per heavy atom. The highest BCUT2D eigenvalue weighted by molar-refractivity contribution is 5.83. The van der Waals surface area contributed by atoms with E-state index in [9.17, 15) is 14.4 Å². The molecular formula is C26H17N5O4. The molecule has 0 unspecified atom stereocenters. The summed E-state index contributed by atoms with van der Waals surface area (Å²) in [6.07, 6.45) is 0. The van der Waals surface area contributed by atoms with Gasteiger partial charge >= 0.3 is 6.01 Å². The van der Waals surface area contributed by atoms with Crippen LogP contribution in [0.2, 0.25) is 0 Å². The molecule has 5 aromatic rings. The Kier molecular flexibility index (Phi) is 5.87. The molecule has 0 saturated carbocycles. The molecule has 0 aliphatic carbocycles. The number of aromatic nitrogens is 3. The summed E-state index contributed by atoms with van der Waals surface area (Å²) in [5.74, 6) is -0.654. The maximum Gasteiger partial charge on any atom is 0.336 e. The van der Waals surface area contributed by atoms with E-state index in [4.69, 9.17) is 4.74 Å². The van der Waals surface area contributed by atoms with Crippen LogP contribution in [0.1, 0.15) is 0 Å². The second-order valence-corrected chi connectivity index (χ2v) is 7.51. The first-order chi connectivity index (χ1) is 17.1. The Hall–Kier alpha value is -5.05. The molecule has 1 aromatic heterocycles. The fourth-order valence-electron chi connectivity index (χ4n) is 3.59. The number of carbonyl (C=O) groups excluding carboxylic acids is 1. The van der Waals surface area contributed by atoms with E-state index in [1.54, 1.807) is 18.2 Å². The fourth-order valence-corrected chi connectivity index (χ4v) is 3.59. The number of nitrogens with zero attached hydrogens (tertiary/aromatic N) is 4. The Bertz CT molecular complexity index is 1680. The van der Waals surface area contributed by atoms with Crippen molar-refractivity contribution in [2.24, 2.45) is 5.10 Å². The van der Waals surface area contributed by atoms with Crippen LogP contribution in [0.25, 0.3) is 33.3 Å². The standard InChI is InChI=1S/C26H17N5O4/c32-20(28-30-23-18-13-7-8-14-19(18)24(33)25(23)34)15-35-26-27-21(16-9-3-1-4-10-16)22(29-31-26)17-11-5-2-6-12-17/h1-14H,15H2,(H,28,32)/b30-23+. The molecule has 35 heavy (non-hydrogen) atoms. The highest BCUT2D eigenvalue weighted by atomic mass is 16.5. The van der Waals surface area contributed by atoms with Gasteiger partial charge in [0.15, 0.2) is 6.61 Å². The summed E-state index contributed by atoms with van der Waals surface area (Å²) in [5, 5.41) is 12.6. The molecule has 0 radical (unpaired) electrons. The summed E-state index contributed by atoms with van der Waals surface area (Å²) in [5.41, 5.74) is 3.58. The van der Waals surface area contributed by atoms with Crippen LogP contribution in [0.4, 0.5) is 0 Å². The third-order valence-corrected chi connectivity index (χ3v) is 5.23. The van der Waals surface area contributed by atoms with Gasteiger partial charge in [-0.3, -0.25) is 14.4 Å². The molecule has 0 aliphatic rings. The zero-order chi connectivity index (χ0) is 24.2. The normalized spacial score (nSPS) is 11.5. The van der Waals surface area contributed by atoms with Gasteiger partial charge < -0.3 is 4.74 Å². The average Bonchev–Trinajstić information content (AvgIpc) is 3.16. The van der Waals surface area contributed by atoms with Gasteiger partial charge in [0.05, 0.1) is 0 Å². The Morgan fingerprint density at radius 3 is 2.03 bits per heavy atom. The number of hydrogen-bond donors (Lipinski definition) is 1. The number of fused-ring (bicyclic) bond motifs is 1. The number of rotatable bonds is 6. The minimum atomic E-state index is -0.774. The highest BCUT2D eigenvalue weighted by Gasteiger charge is 2.15. The van der Waals surface area contributed by atoms with Crippen molar-refractivity contribution in [1.29, 1.82) is 0 Å². The van der Waals surface area contributed by atoms with E-state index in [-0.39, 0.29) is 16.8 Å². The summed E-state index contributed by atoms with van der Waals surface area (Å²) in [6.45, 7) is -0.471. The molecule has 0 saturated heterocycles. The Morgan fingerprint density at radius 2 is 1.34 bits per heavy atom. The first kappa shape index (κ1) is 21.8. The third kappa shape index (κ3) is 4.42. The number of nitrogens with one attached hydrogen (secondary N) is 1. The lowest BCUT2D eigenvalue weighted by Gasteiger charge is -2.09. The maximum absolute atomic E-state index is 12.3. The van der Waals surface area contributed by atoms with Crippen molar-refractivity contribution in [2.45, 2.75) is 0 Å². The molecule has 1 N–H and O–H groups in total. The van der Waals surface area contributed by atoms with Crippen LogP contribution in [0.15, 0.2) is 99.6 Å². The molecule has 1 amide bonds. The van der Waals surface area contributed by atoms with Gasteiger partial charge in [0.2, 0.25) is 5.43 Å². The molecule has 0 atom stereocenters. The summed E-state index contributed by atoms with van der Waals surface area (Å²) >= 11 is 0. The van der Waals surface area contributed by atoms with Gasteiger partial charge in [-0.05, 0) is 0 Å². The topological polar surface area (TPSA) is 124 Å². The highest BCUT2D eigenvalue weighted by Crippen LogP contribution is 2.29. The van der Waals surface area contributed by atoms with Gasteiger partial charge in [-0.1, -0.05) is 90.0 Å². The van der Waals surface area contributed by atoms with Gasteiger partial charge in [0, 0.05) is 21.9 Å². The molecule has 9 heteroatoms. The van der Waals surface area contributed by atoms with Crippen molar-refractivity contribution in [1.82, 2.24) is 20.6 Å². The third-order valence-electron chi connectivity index (χ3n) is 5.23. The lowest BCUT2D eigenvalue weighted by Crippen LogP contribution is -2.35. The minimum Gasteiger partial charge on any atom is -0.452 e. The Balaban J connectivity index is 1.37. The van der Waals surface area contributed by atoms with E-state index < -0.39 is 23.4 Å². The quantitative estimate of drug-likeness (QED) is 0.302. The molecule has 1 heterocycles. The largest absolute Gasteiger partial charge is 0.452 e. The van der Waals surface area contributed by atoms with Crippen molar-refractivity contribution in [3.63, 3.8) is 0 Å². The van der Waals surface area contributed by atoms with Crippen molar-refractivity contribution in [3.05, 3.63) is 111 Å². The molecule has 4 aromatic carbocycles. The smallest absolute Gasteiger partial charge is 0.336 e. The van der Waals surface area contributed by atoms with E-state index in [0.29, 0.717) is 16.8 Å². The molecule has 0 spiro atoms. The molecule has 0 aliphatic heterocycles. The van der Waals surface area contributed by atoms with E-state index in [2.05, 4.69) is 25.7 Å². The number of benzene rings is 3.